The van der Waals surface area contributed by atoms with Crippen LogP contribution in [0.1, 0.15) is 169 Å². The van der Waals surface area contributed by atoms with Gasteiger partial charge in [-0.05, 0) is 25.7 Å². The van der Waals surface area contributed by atoms with Crippen molar-refractivity contribution in [3.63, 3.8) is 0 Å². The minimum atomic E-state index is -0.443. The van der Waals surface area contributed by atoms with Crippen molar-refractivity contribution >= 4 is 17.9 Å². The Bertz CT molecular complexity index is 559. The molecule has 1 atom stereocenters. The number of carbonyl (C=O) groups excluding carboxylic acids is 3. The maximum absolute atomic E-state index is 12.5. The van der Waals surface area contributed by atoms with Crippen LogP contribution >= 0.6 is 0 Å². The number of hydrogen-bond donors (Lipinski definition) is 0. The molecule has 39 heavy (non-hydrogen) atoms. The van der Waals surface area contributed by atoms with Crippen molar-refractivity contribution in [2.75, 3.05) is 13.2 Å². The first kappa shape index (κ1) is 37.4. The molecule has 0 heterocycles. The van der Waals surface area contributed by atoms with E-state index in [-0.39, 0.29) is 37.0 Å². The molecule has 0 aromatic heterocycles. The number of carbonyl (C=O) groups is 3. The van der Waals surface area contributed by atoms with Crippen LogP contribution in [-0.4, -0.2) is 37.2 Å². The van der Waals surface area contributed by atoms with Gasteiger partial charge in [0.1, 0.15) is 19.3 Å². The van der Waals surface area contributed by atoms with E-state index in [1.165, 1.54) is 57.8 Å². The molecule has 1 unspecified atom stereocenters. The Balaban J connectivity index is 4.70. The van der Waals surface area contributed by atoms with E-state index in [4.69, 9.17) is 14.2 Å². The summed E-state index contributed by atoms with van der Waals surface area (Å²) in [5, 5.41) is 0. The fraction of sp³-hybridized carbons (Fsp3) is 0.909. The number of rotatable bonds is 28. The second-order valence-electron chi connectivity index (χ2n) is 11.1. The highest BCUT2D eigenvalue weighted by Gasteiger charge is 2.27. The lowest BCUT2D eigenvalue weighted by molar-refractivity contribution is -0.160. The Kier molecular flexibility index (Phi) is 26.8. The molecule has 6 heteroatoms. The minimum Gasteiger partial charge on any atom is -0.465 e. The summed E-state index contributed by atoms with van der Waals surface area (Å²) >= 11 is 0. The fourth-order valence-corrected chi connectivity index (χ4v) is 4.70. The van der Waals surface area contributed by atoms with Gasteiger partial charge in [0, 0.05) is 19.3 Å². The highest BCUT2D eigenvalue weighted by Crippen LogP contribution is 2.18. The highest BCUT2D eigenvalue weighted by atomic mass is 16.6. The van der Waals surface area contributed by atoms with E-state index in [1.807, 2.05) is 6.92 Å². The van der Waals surface area contributed by atoms with Crippen LogP contribution in [0.2, 0.25) is 0 Å². The lowest BCUT2D eigenvalue weighted by Gasteiger charge is -2.26. The van der Waals surface area contributed by atoms with Crippen molar-refractivity contribution in [3.8, 4) is 0 Å². The summed E-state index contributed by atoms with van der Waals surface area (Å²) in [7, 11) is 0. The molecular weight excluding hydrogens is 492 g/mol. The zero-order chi connectivity index (χ0) is 29.0. The maximum Gasteiger partial charge on any atom is 0.306 e. The van der Waals surface area contributed by atoms with E-state index < -0.39 is 6.10 Å². The summed E-state index contributed by atoms with van der Waals surface area (Å²) in [5.41, 5.74) is 0. The van der Waals surface area contributed by atoms with E-state index in [9.17, 15) is 14.4 Å². The molecule has 0 amide bonds. The lowest BCUT2D eigenvalue weighted by Crippen LogP contribution is -2.34. The van der Waals surface area contributed by atoms with Crippen LogP contribution in [0, 0.1) is 5.92 Å². The molecule has 0 fully saturated rings. The first-order chi connectivity index (χ1) is 19.0. The van der Waals surface area contributed by atoms with Crippen molar-refractivity contribution in [2.24, 2.45) is 5.92 Å². The zero-order valence-electron chi connectivity index (χ0n) is 26.1. The average Bonchev–Trinajstić information content (AvgIpc) is 2.93. The quantitative estimate of drug-likeness (QED) is 0.0545. The normalized spacial score (nSPS) is 11.9. The van der Waals surface area contributed by atoms with Crippen molar-refractivity contribution in [1.29, 1.82) is 0 Å². The minimum absolute atomic E-state index is 0.0990. The summed E-state index contributed by atoms with van der Waals surface area (Å²) in [6, 6.07) is 0. The smallest absolute Gasteiger partial charge is 0.306 e. The third-order valence-electron chi connectivity index (χ3n) is 7.33. The van der Waals surface area contributed by atoms with Crippen molar-refractivity contribution in [2.45, 2.75) is 175 Å². The molecule has 6 nitrogen and oxygen atoms in total. The van der Waals surface area contributed by atoms with Gasteiger partial charge < -0.3 is 14.2 Å². The molecule has 0 bridgehead atoms. The molecule has 0 spiro atoms. The van der Waals surface area contributed by atoms with Gasteiger partial charge in [-0.25, -0.2) is 0 Å². The van der Waals surface area contributed by atoms with Gasteiger partial charge in [0.2, 0.25) is 0 Å². The van der Waals surface area contributed by atoms with Crippen LogP contribution < -0.4 is 0 Å². The molecule has 0 aliphatic heterocycles. The maximum atomic E-state index is 12.5. The molecule has 230 valence electrons. The second-order valence-corrected chi connectivity index (χ2v) is 11.1. The lowest BCUT2D eigenvalue weighted by atomic mass is 10.0. The van der Waals surface area contributed by atoms with Crippen LogP contribution in [-0.2, 0) is 28.6 Å². The number of esters is 3. The van der Waals surface area contributed by atoms with E-state index in [2.05, 4.69) is 20.8 Å². The van der Waals surface area contributed by atoms with E-state index in [1.54, 1.807) is 0 Å². The Morgan fingerprint density at radius 3 is 1.15 bits per heavy atom. The SMILES string of the molecule is CCCCCCCCC(=O)OCC(COC(=O)CCCCCCCC)C(CC)OC(=O)CCCCCCCC. The summed E-state index contributed by atoms with van der Waals surface area (Å²) in [6.45, 7) is 8.72. The summed E-state index contributed by atoms with van der Waals surface area (Å²) < 4.78 is 17.0. The Labute approximate surface area is 240 Å². The van der Waals surface area contributed by atoms with Gasteiger partial charge in [-0.3, -0.25) is 14.4 Å². The van der Waals surface area contributed by atoms with E-state index in [0.717, 1.165) is 57.8 Å². The molecule has 0 saturated carbocycles. The van der Waals surface area contributed by atoms with Gasteiger partial charge in [-0.1, -0.05) is 124 Å². The predicted octanol–water partition coefficient (Wildman–Crippen LogP) is 9.26. The standard InChI is InChI=1S/C33H62O6/c1-5-9-12-15-18-21-24-31(34)37-27-29(28-38-32(35)25-22-19-16-13-10-6-2)30(8-4)39-33(36)26-23-20-17-14-11-7-3/h29-30H,5-28H2,1-4H3. The molecule has 0 N–H and O–H groups in total. The molecule has 0 aliphatic rings. The second kappa shape index (κ2) is 28.0. The molecule has 0 aliphatic carbocycles. The Hall–Kier alpha value is -1.59. The van der Waals surface area contributed by atoms with Gasteiger partial charge >= 0.3 is 17.9 Å². The monoisotopic (exact) mass is 554 g/mol. The van der Waals surface area contributed by atoms with Crippen molar-refractivity contribution in [1.82, 2.24) is 0 Å². The largest absolute Gasteiger partial charge is 0.465 e. The molecule has 0 aromatic rings. The first-order valence-electron chi connectivity index (χ1n) is 16.5. The number of ether oxygens (including phenoxy) is 3. The van der Waals surface area contributed by atoms with Gasteiger partial charge in [-0.2, -0.15) is 0 Å². The summed E-state index contributed by atoms with van der Waals surface area (Å²) in [6.07, 6.45) is 21.3. The van der Waals surface area contributed by atoms with Crippen LogP contribution in [0.15, 0.2) is 0 Å². The van der Waals surface area contributed by atoms with Crippen LogP contribution in [0.3, 0.4) is 0 Å². The molecular formula is C33H62O6. The van der Waals surface area contributed by atoms with Crippen LogP contribution in [0.5, 0.6) is 0 Å². The van der Waals surface area contributed by atoms with E-state index in [0.29, 0.717) is 25.7 Å². The van der Waals surface area contributed by atoms with Crippen LogP contribution in [0.4, 0.5) is 0 Å². The molecule has 0 radical (unpaired) electrons. The number of unbranched alkanes of at least 4 members (excludes halogenated alkanes) is 15. The van der Waals surface area contributed by atoms with Gasteiger partial charge in [0.15, 0.2) is 0 Å². The van der Waals surface area contributed by atoms with E-state index >= 15 is 0 Å². The molecule has 0 saturated heterocycles. The van der Waals surface area contributed by atoms with Crippen molar-refractivity contribution < 1.29 is 28.6 Å². The third-order valence-corrected chi connectivity index (χ3v) is 7.33. The molecule has 0 aromatic carbocycles. The van der Waals surface area contributed by atoms with Gasteiger partial charge in [0.25, 0.3) is 0 Å². The average molecular weight is 555 g/mol. The number of hydrogen-bond acceptors (Lipinski definition) is 6. The van der Waals surface area contributed by atoms with Crippen LogP contribution in [0.25, 0.3) is 0 Å². The highest BCUT2D eigenvalue weighted by molar-refractivity contribution is 5.70. The predicted molar refractivity (Wildman–Crippen MR) is 160 cm³/mol. The molecule has 0 rings (SSSR count). The van der Waals surface area contributed by atoms with Gasteiger partial charge in [-0.15, -0.1) is 0 Å². The summed E-state index contributed by atoms with van der Waals surface area (Å²) in [4.78, 5) is 37.3. The topological polar surface area (TPSA) is 78.9 Å². The zero-order valence-corrected chi connectivity index (χ0v) is 26.1. The Morgan fingerprint density at radius 2 is 0.795 bits per heavy atom. The fourth-order valence-electron chi connectivity index (χ4n) is 4.70. The first-order valence-corrected chi connectivity index (χ1v) is 16.5. The summed E-state index contributed by atoms with van der Waals surface area (Å²) in [5.74, 6) is -1.05. The third kappa shape index (κ3) is 24.0. The van der Waals surface area contributed by atoms with Gasteiger partial charge in [0.05, 0.1) is 5.92 Å². The Morgan fingerprint density at radius 1 is 0.462 bits per heavy atom. The van der Waals surface area contributed by atoms with Crippen molar-refractivity contribution in [3.05, 3.63) is 0 Å².